The Morgan fingerprint density at radius 2 is 1.75 bits per heavy atom. The van der Waals surface area contributed by atoms with Gasteiger partial charge in [-0.05, 0) is 47.0 Å². The molecule has 4 heteroatoms. The van der Waals surface area contributed by atoms with E-state index in [0.717, 1.165) is 19.3 Å². The third kappa shape index (κ3) is 3.33. The van der Waals surface area contributed by atoms with Crippen molar-refractivity contribution in [3.63, 3.8) is 0 Å². The Labute approximate surface area is 104 Å². The quantitative estimate of drug-likeness (QED) is 0.614. The number of alkyl halides is 1. The van der Waals surface area contributed by atoms with Crippen LogP contribution < -0.4 is 0 Å². The molecule has 0 radical (unpaired) electrons. The maximum absolute atomic E-state index is 10.1. The van der Waals surface area contributed by atoms with Gasteiger partial charge in [-0.15, -0.1) is 11.6 Å². The molecule has 0 saturated carbocycles. The zero-order valence-corrected chi connectivity index (χ0v) is 11.5. The molecule has 1 aliphatic rings. The van der Waals surface area contributed by atoms with Crippen molar-refractivity contribution in [2.24, 2.45) is 0 Å². The highest BCUT2D eigenvalue weighted by molar-refractivity contribution is 6.17. The summed E-state index contributed by atoms with van der Waals surface area (Å²) in [5.74, 6) is 0.644. The van der Waals surface area contributed by atoms with Crippen molar-refractivity contribution in [2.45, 2.75) is 64.1 Å². The summed E-state index contributed by atoms with van der Waals surface area (Å²) in [7, 11) is 0. The summed E-state index contributed by atoms with van der Waals surface area (Å²) in [5, 5.41) is 11.6. The first-order valence-corrected chi connectivity index (χ1v) is 6.50. The molecule has 0 aromatic carbocycles. The van der Waals surface area contributed by atoms with Gasteiger partial charge in [0.25, 0.3) is 0 Å². The molecule has 1 fully saturated rings. The number of hydrogen-bond donors (Lipinski definition) is 1. The van der Waals surface area contributed by atoms with Crippen LogP contribution in [0.2, 0.25) is 0 Å². The monoisotopic (exact) mass is 249 g/mol. The molecular formula is C12H24ClNO2. The molecule has 0 bridgehead atoms. The third-order valence-corrected chi connectivity index (χ3v) is 3.50. The summed E-state index contributed by atoms with van der Waals surface area (Å²) in [4.78, 5) is 0. The van der Waals surface area contributed by atoms with E-state index in [0.29, 0.717) is 12.5 Å². The Kier molecular flexibility index (Phi) is 4.64. The minimum absolute atomic E-state index is 0.219. The molecule has 0 spiro atoms. The molecule has 0 amide bonds. The summed E-state index contributed by atoms with van der Waals surface area (Å²) >= 11 is 5.63. The Bertz CT molecular complexity index is 213. The van der Waals surface area contributed by atoms with Gasteiger partial charge in [0.1, 0.15) is 0 Å². The summed E-state index contributed by atoms with van der Waals surface area (Å²) in [6, 6.07) is 0. The fraction of sp³-hybridized carbons (Fsp3) is 1.00. The lowest BCUT2D eigenvalue weighted by atomic mass is 9.80. The second-order valence-electron chi connectivity index (χ2n) is 5.88. The van der Waals surface area contributed by atoms with Crippen LogP contribution in [0, 0.1) is 0 Å². The van der Waals surface area contributed by atoms with Gasteiger partial charge >= 0.3 is 0 Å². The van der Waals surface area contributed by atoms with E-state index in [4.69, 9.17) is 16.3 Å². The molecule has 1 aliphatic heterocycles. The van der Waals surface area contributed by atoms with Crippen LogP contribution in [0.5, 0.6) is 0 Å². The van der Waals surface area contributed by atoms with E-state index in [1.807, 2.05) is 27.7 Å². The van der Waals surface area contributed by atoms with E-state index < -0.39 is 0 Å². The first-order valence-electron chi connectivity index (χ1n) is 5.96. The van der Waals surface area contributed by atoms with Crippen molar-refractivity contribution in [2.75, 3.05) is 12.5 Å². The molecule has 1 N–H and O–H groups in total. The van der Waals surface area contributed by atoms with Crippen LogP contribution >= 0.6 is 11.6 Å². The largest absolute Gasteiger partial charge is 0.378 e. The number of hydrogen-bond acceptors (Lipinski definition) is 3. The highest BCUT2D eigenvalue weighted by atomic mass is 35.5. The van der Waals surface area contributed by atoms with Crippen molar-refractivity contribution < 1.29 is 9.94 Å². The summed E-state index contributed by atoms with van der Waals surface area (Å²) in [6.45, 7) is 8.90. The second-order valence-corrected chi connectivity index (χ2v) is 6.26. The van der Waals surface area contributed by atoms with Gasteiger partial charge in [-0.3, -0.25) is 0 Å². The lowest BCUT2D eigenvalue weighted by molar-refractivity contribution is -0.261. The molecule has 0 aliphatic carbocycles. The Morgan fingerprint density at radius 3 is 2.19 bits per heavy atom. The van der Waals surface area contributed by atoms with Crippen LogP contribution in [-0.2, 0) is 4.74 Å². The van der Waals surface area contributed by atoms with E-state index in [9.17, 15) is 5.21 Å². The van der Waals surface area contributed by atoms with Crippen molar-refractivity contribution in [3.8, 4) is 0 Å². The highest BCUT2D eigenvalue weighted by Gasteiger charge is 2.45. The fourth-order valence-electron chi connectivity index (χ4n) is 2.60. The van der Waals surface area contributed by atoms with E-state index in [2.05, 4.69) is 0 Å². The molecule has 16 heavy (non-hydrogen) atoms. The molecule has 96 valence electrons. The van der Waals surface area contributed by atoms with Crippen LogP contribution in [0.3, 0.4) is 0 Å². The fourth-order valence-corrected chi connectivity index (χ4v) is 2.71. The molecule has 0 aromatic heterocycles. The van der Waals surface area contributed by atoms with Crippen LogP contribution in [0.15, 0.2) is 0 Å². The summed E-state index contributed by atoms with van der Waals surface area (Å²) in [6.07, 6.45) is 2.82. The lowest BCUT2D eigenvalue weighted by Gasteiger charge is -2.51. The van der Waals surface area contributed by atoms with Crippen LogP contribution in [0.25, 0.3) is 0 Å². The minimum Gasteiger partial charge on any atom is -0.378 e. The molecule has 0 atom stereocenters. The van der Waals surface area contributed by atoms with Gasteiger partial charge in [0, 0.05) is 23.6 Å². The van der Waals surface area contributed by atoms with Gasteiger partial charge in [0.2, 0.25) is 0 Å². The van der Waals surface area contributed by atoms with Gasteiger partial charge in [-0.25, -0.2) is 0 Å². The zero-order chi connectivity index (χ0) is 12.4. The summed E-state index contributed by atoms with van der Waals surface area (Å²) in [5.41, 5.74) is -0.458. The Hall–Kier alpha value is 0.170. The number of ether oxygens (including phenoxy) is 1. The van der Waals surface area contributed by atoms with E-state index in [1.54, 1.807) is 0 Å². The number of nitrogens with zero attached hydrogens (tertiary/aromatic N) is 1. The Morgan fingerprint density at radius 1 is 1.25 bits per heavy atom. The number of piperidine rings is 1. The van der Waals surface area contributed by atoms with Gasteiger partial charge in [0.05, 0.1) is 6.10 Å². The first-order chi connectivity index (χ1) is 7.29. The van der Waals surface area contributed by atoms with Crippen LogP contribution in [0.4, 0.5) is 0 Å². The van der Waals surface area contributed by atoms with E-state index >= 15 is 0 Å². The smallest absolute Gasteiger partial charge is 0.0611 e. The topological polar surface area (TPSA) is 32.7 Å². The zero-order valence-electron chi connectivity index (χ0n) is 10.8. The van der Waals surface area contributed by atoms with Gasteiger partial charge in [-0.1, -0.05) is 0 Å². The SMILES string of the molecule is CC1(C)CC(OCCCCl)CC(C)(C)N1O. The van der Waals surface area contributed by atoms with Crippen molar-refractivity contribution in [1.82, 2.24) is 5.06 Å². The molecule has 0 unspecified atom stereocenters. The van der Waals surface area contributed by atoms with Crippen LogP contribution in [-0.4, -0.2) is 39.9 Å². The van der Waals surface area contributed by atoms with E-state index in [1.165, 1.54) is 5.06 Å². The first kappa shape index (κ1) is 14.2. The average molecular weight is 250 g/mol. The van der Waals surface area contributed by atoms with Gasteiger partial charge < -0.3 is 9.94 Å². The van der Waals surface area contributed by atoms with E-state index in [-0.39, 0.29) is 17.2 Å². The molecule has 1 heterocycles. The second kappa shape index (κ2) is 5.21. The van der Waals surface area contributed by atoms with Crippen molar-refractivity contribution >= 4 is 11.6 Å². The van der Waals surface area contributed by atoms with Gasteiger partial charge in [0.15, 0.2) is 0 Å². The number of halogens is 1. The maximum atomic E-state index is 10.1. The normalized spacial score (nSPS) is 25.9. The number of rotatable bonds is 4. The highest BCUT2D eigenvalue weighted by Crippen LogP contribution is 2.37. The molecule has 1 rings (SSSR count). The summed E-state index contributed by atoms with van der Waals surface area (Å²) < 4.78 is 5.82. The minimum atomic E-state index is -0.229. The van der Waals surface area contributed by atoms with Gasteiger partial charge in [-0.2, -0.15) is 5.06 Å². The molecule has 0 aromatic rings. The third-order valence-electron chi connectivity index (χ3n) is 3.23. The molecule has 3 nitrogen and oxygen atoms in total. The molecular weight excluding hydrogens is 226 g/mol. The number of hydroxylamine groups is 2. The average Bonchev–Trinajstić information content (AvgIpc) is 2.14. The van der Waals surface area contributed by atoms with Crippen LogP contribution in [0.1, 0.15) is 47.0 Å². The lowest BCUT2D eigenvalue weighted by Crippen LogP contribution is -2.60. The van der Waals surface area contributed by atoms with Crippen molar-refractivity contribution in [3.05, 3.63) is 0 Å². The predicted molar refractivity (Wildman–Crippen MR) is 66.1 cm³/mol. The van der Waals surface area contributed by atoms with Crippen molar-refractivity contribution in [1.29, 1.82) is 0 Å². The predicted octanol–water partition coefficient (Wildman–Crippen LogP) is 3.04. The standard InChI is InChI=1S/C12H24ClNO2/c1-11(2)8-10(16-7-5-6-13)9-12(3,4)14(11)15/h10,15H,5-9H2,1-4H3. The Balaban J connectivity index is 2.57. The maximum Gasteiger partial charge on any atom is 0.0611 e. The molecule has 1 saturated heterocycles.